The average molecular weight is 388 g/mol. The number of aliphatic hydroxyl groups excluding tert-OH is 2. The summed E-state index contributed by atoms with van der Waals surface area (Å²) in [5.41, 5.74) is 5.46. The van der Waals surface area contributed by atoms with Gasteiger partial charge in [-0.2, -0.15) is 0 Å². The molecule has 0 aromatic carbocycles. The van der Waals surface area contributed by atoms with Crippen LogP contribution in [0.4, 0.5) is 0 Å². The first-order valence-electron chi connectivity index (χ1n) is 8.75. The van der Waals surface area contributed by atoms with Gasteiger partial charge in [-0.15, -0.1) is 0 Å². The molecule has 154 valence electrons. The number of nitrogens with two attached hydrogens (primary N) is 1. The molecule has 0 bridgehead atoms. The van der Waals surface area contributed by atoms with Gasteiger partial charge in [0.25, 0.3) is 0 Å². The van der Waals surface area contributed by atoms with E-state index in [0.717, 1.165) is 0 Å². The van der Waals surface area contributed by atoms with E-state index in [2.05, 4.69) is 10.6 Å². The molecule has 4 unspecified atom stereocenters. The Morgan fingerprint density at radius 3 is 2.26 bits per heavy atom. The molecule has 1 aliphatic heterocycles. The predicted molar refractivity (Wildman–Crippen MR) is 93.2 cm³/mol. The molecule has 27 heavy (non-hydrogen) atoms. The van der Waals surface area contributed by atoms with Crippen molar-refractivity contribution in [3.05, 3.63) is 0 Å². The van der Waals surface area contributed by atoms with Crippen LogP contribution in [0.3, 0.4) is 0 Å². The quantitative estimate of drug-likeness (QED) is 0.241. The Bertz CT molecular complexity index is 569. The monoisotopic (exact) mass is 388 g/mol. The fourth-order valence-corrected chi connectivity index (χ4v) is 2.79. The average Bonchev–Trinajstić information content (AvgIpc) is 3.11. The van der Waals surface area contributed by atoms with Gasteiger partial charge in [-0.1, -0.05) is 13.8 Å². The van der Waals surface area contributed by atoms with E-state index in [9.17, 15) is 19.2 Å². The highest BCUT2D eigenvalue weighted by molar-refractivity contribution is 5.94. The molecule has 1 rings (SSSR count). The van der Waals surface area contributed by atoms with Crippen molar-refractivity contribution < 1.29 is 34.5 Å². The molecule has 11 heteroatoms. The lowest BCUT2D eigenvalue weighted by atomic mass is 10.0. The van der Waals surface area contributed by atoms with Crippen molar-refractivity contribution in [1.82, 2.24) is 15.5 Å². The molecule has 11 nitrogen and oxygen atoms in total. The molecule has 0 radical (unpaired) electrons. The fourth-order valence-electron chi connectivity index (χ4n) is 2.79. The van der Waals surface area contributed by atoms with Gasteiger partial charge >= 0.3 is 5.97 Å². The summed E-state index contributed by atoms with van der Waals surface area (Å²) < 4.78 is 0. The van der Waals surface area contributed by atoms with Crippen LogP contribution in [0.25, 0.3) is 0 Å². The Hall–Kier alpha value is -2.24. The second-order valence-corrected chi connectivity index (χ2v) is 6.79. The van der Waals surface area contributed by atoms with Crippen LogP contribution in [0.5, 0.6) is 0 Å². The normalized spacial score (nSPS) is 20.1. The number of aliphatic carboxylic acids is 1. The molecule has 0 aromatic rings. The number of hydrogen-bond donors (Lipinski definition) is 6. The van der Waals surface area contributed by atoms with Gasteiger partial charge in [0, 0.05) is 6.54 Å². The molecule has 1 heterocycles. The molecule has 0 spiro atoms. The lowest BCUT2D eigenvalue weighted by Crippen LogP contribution is -2.58. The lowest BCUT2D eigenvalue weighted by Gasteiger charge is -2.31. The van der Waals surface area contributed by atoms with E-state index >= 15 is 0 Å². The highest BCUT2D eigenvalue weighted by atomic mass is 16.4. The van der Waals surface area contributed by atoms with Crippen molar-refractivity contribution in [3.63, 3.8) is 0 Å². The summed E-state index contributed by atoms with van der Waals surface area (Å²) in [6.07, 6.45) is 0.875. The summed E-state index contributed by atoms with van der Waals surface area (Å²) in [7, 11) is 0. The van der Waals surface area contributed by atoms with Crippen molar-refractivity contribution in [2.45, 2.75) is 50.9 Å². The molecule has 1 aliphatic rings. The molecular weight excluding hydrogens is 360 g/mol. The fraction of sp³-hybridized carbons (Fsp3) is 0.750. The number of carbonyl (C=O) groups is 4. The lowest BCUT2D eigenvalue weighted by molar-refractivity contribution is -0.146. The molecule has 4 atom stereocenters. The van der Waals surface area contributed by atoms with E-state index in [1.807, 2.05) is 0 Å². The smallest absolute Gasteiger partial charge is 0.328 e. The molecule has 0 aromatic heterocycles. The van der Waals surface area contributed by atoms with Crippen molar-refractivity contribution >= 4 is 23.7 Å². The third kappa shape index (κ3) is 5.88. The SMILES string of the molecule is CC(C)C(NC(=O)C(N)CO)C(=O)N1CCCC1C(=O)NC(CO)C(=O)O. The van der Waals surface area contributed by atoms with Gasteiger partial charge in [0.2, 0.25) is 17.7 Å². The van der Waals surface area contributed by atoms with Gasteiger partial charge in [-0.25, -0.2) is 4.79 Å². The van der Waals surface area contributed by atoms with E-state index in [-0.39, 0.29) is 12.5 Å². The second kappa shape index (κ2) is 10.2. The first kappa shape index (κ1) is 22.8. The highest BCUT2D eigenvalue weighted by Gasteiger charge is 2.39. The molecule has 1 fully saturated rings. The Labute approximate surface area is 156 Å². The third-order valence-electron chi connectivity index (χ3n) is 4.40. The first-order valence-corrected chi connectivity index (χ1v) is 8.75. The van der Waals surface area contributed by atoms with E-state index in [0.29, 0.717) is 12.8 Å². The topological polar surface area (TPSA) is 182 Å². The number of rotatable bonds is 9. The summed E-state index contributed by atoms with van der Waals surface area (Å²) in [4.78, 5) is 49.5. The molecule has 0 saturated carbocycles. The number of amides is 3. The Morgan fingerprint density at radius 1 is 1.15 bits per heavy atom. The van der Waals surface area contributed by atoms with Crippen molar-refractivity contribution in [3.8, 4) is 0 Å². The van der Waals surface area contributed by atoms with Crippen molar-refractivity contribution in [1.29, 1.82) is 0 Å². The number of nitrogens with zero attached hydrogens (tertiary/aromatic N) is 1. The Morgan fingerprint density at radius 2 is 1.78 bits per heavy atom. The van der Waals surface area contributed by atoms with Gasteiger partial charge in [-0.05, 0) is 18.8 Å². The number of likely N-dealkylation sites (tertiary alicyclic amines) is 1. The van der Waals surface area contributed by atoms with Crippen LogP contribution >= 0.6 is 0 Å². The Kier molecular flexibility index (Phi) is 8.60. The summed E-state index contributed by atoms with van der Waals surface area (Å²) in [6, 6.07) is -4.47. The molecule has 3 amide bonds. The van der Waals surface area contributed by atoms with Gasteiger partial charge in [0.1, 0.15) is 24.2 Å². The van der Waals surface area contributed by atoms with Crippen LogP contribution in [0, 0.1) is 5.92 Å². The number of nitrogens with one attached hydrogen (secondary N) is 2. The number of carboxylic acids is 1. The van der Waals surface area contributed by atoms with Crippen molar-refractivity contribution in [2.24, 2.45) is 11.7 Å². The van der Waals surface area contributed by atoms with Crippen LogP contribution in [0.2, 0.25) is 0 Å². The minimum atomic E-state index is -1.46. The zero-order valence-corrected chi connectivity index (χ0v) is 15.4. The van der Waals surface area contributed by atoms with E-state index < -0.39 is 61.1 Å². The van der Waals surface area contributed by atoms with Gasteiger partial charge < -0.3 is 36.6 Å². The van der Waals surface area contributed by atoms with Crippen LogP contribution in [-0.2, 0) is 19.2 Å². The second-order valence-electron chi connectivity index (χ2n) is 6.79. The largest absolute Gasteiger partial charge is 0.480 e. The summed E-state index contributed by atoms with van der Waals surface area (Å²) >= 11 is 0. The maximum absolute atomic E-state index is 12.9. The van der Waals surface area contributed by atoms with Crippen molar-refractivity contribution in [2.75, 3.05) is 19.8 Å². The molecule has 0 aliphatic carbocycles. The third-order valence-corrected chi connectivity index (χ3v) is 4.40. The number of carbonyl (C=O) groups excluding carboxylic acids is 3. The number of carboxylic acid groups (broad SMARTS) is 1. The van der Waals surface area contributed by atoms with Gasteiger partial charge in [0.15, 0.2) is 0 Å². The number of hydrogen-bond acceptors (Lipinski definition) is 7. The highest BCUT2D eigenvalue weighted by Crippen LogP contribution is 2.20. The minimum Gasteiger partial charge on any atom is -0.480 e. The molecular formula is C16H28N4O7. The molecule has 7 N–H and O–H groups in total. The summed E-state index contributed by atoms with van der Waals surface area (Å²) in [5, 5.41) is 31.7. The van der Waals surface area contributed by atoms with Crippen LogP contribution in [0.1, 0.15) is 26.7 Å². The van der Waals surface area contributed by atoms with Crippen LogP contribution in [-0.4, -0.2) is 87.8 Å². The first-order chi connectivity index (χ1) is 12.6. The van der Waals surface area contributed by atoms with E-state index in [1.54, 1.807) is 13.8 Å². The Balaban J connectivity index is 2.89. The maximum Gasteiger partial charge on any atom is 0.328 e. The van der Waals surface area contributed by atoms with Gasteiger partial charge in [0.05, 0.1) is 13.2 Å². The summed E-state index contributed by atoms with van der Waals surface area (Å²) in [5.74, 6) is -3.54. The zero-order chi connectivity index (χ0) is 20.7. The van der Waals surface area contributed by atoms with E-state index in [1.165, 1.54) is 4.90 Å². The van der Waals surface area contributed by atoms with Crippen LogP contribution < -0.4 is 16.4 Å². The summed E-state index contributed by atoms with van der Waals surface area (Å²) in [6.45, 7) is 2.36. The maximum atomic E-state index is 12.9. The standard InChI is InChI=1S/C16H28N4O7/c1-8(2)12(19-13(23)9(17)6-21)15(25)20-5-3-4-11(20)14(24)18-10(7-22)16(26)27/h8-12,21-22H,3-7,17H2,1-2H3,(H,18,24)(H,19,23)(H,26,27). The predicted octanol–water partition coefficient (Wildman–Crippen LogP) is -3.00. The number of aliphatic hydroxyl groups is 2. The zero-order valence-electron chi connectivity index (χ0n) is 15.4. The van der Waals surface area contributed by atoms with E-state index in [4.69, 9.17) is 21.1 Å². The van der Waals surface area contributed by atoms with Crippen LogP contribution in [0.15, 0.2) is 0 Å². The minimum absolute atomic E-state index is 0.277. The van der Waals surface area contributed by atoms with Gasteiger partial charge in [-0.3, -0.25) is 14.4 Å². The molecule has 1 saturated heterocycles.